The van der Waals surface area contributed by atoms with Gasteiger partial charge in [-0.1, -0.05) is 38.3 Å². The van der Waals surface area contributed by atoms with Crippen LogP contribution >= 0.6 is 11.6 Å². The average Bonchev–Trinajstić information content (AvgIpc) is 3.31. The highest BCUT2D eigenvalue weighted by atomic mass is 35.5. The van der Waals surface area contributed by atoms with Crippen molar-refractivity contribution in [3.8, 4) is 0 Å². The fraction of sp³-hybridized carbons (Fsp3) is 0.706. The summed E-state index contributed by atoms with van der Waals surface area (Å²) >= 11 is 6.29. The van der Waals surface area contributed by atoms with Crippen LogP contribution in [0.3, 0.4) is 0 Å². The van der Waals surface area contributed by atoms with Gasteiger partial charge in [-0.2, -0.15) is 0 Å². The number of unbranched alkanes of at least 4 members (excludes halogenated alkanes) is 2. The molecule has 1 N–H and O–H groups in total. The van der Waals surface area contributed by atoms with E-state index in [9.17, 15) is 0 Å². The third kappa shape index (κ3) is 5.48. The van der Waals surface area contributed by atoms with E-state index in [0.29, 0.717) is 6.04 Å². The summed E-state index contributed by atoms with van der Waals surface area (Å²) in [7, 11) is 0. The van der Waals surface area contributed by atoms with Crippen molar-refractivity contribution in [1.82, 2.24) is 10.3 Å². The lowest BCUT2D eigenvalue weighted by Gasteiger charge is -2.24. The molecule has 21 heavy (non-hydrogen) atoms. The lowest BCUT2D eigenvalue weighted by Crippen LogP contribution is -2.27. The van der Waals surface area contributed by atoms with E-state index in [1.165, 1.54) is 44.1 Å². The van der Waals surface area contributed by atoms with Crippen LogP contribution in [-0.4, -0.2) is 24.1 Å². The van der Waals surface area contributed by atoms with Crippen molar-refractivity contribution in [2.75, 3.05) is 18.0 Å². The summed E-state index contributed by atoms with van der Waals surface area (Å²) in [5.74, 6) is 1.08. The Balaban J connectivity index is 2.04. The van der Waals surface area contributed by atoms with E-state index in [0.717, 1.165) is 30.5 Å². The summed E-state index contributed by atoms with van der Waals surface area (Å²) in [6, 6.07) is 2.87. The lowest BCUT2D eigenvalue weighted by atomic mass is 10.2. The van der Waals surface area contributed by atoms with Gasteiger partial charge >= 0.3 is 0 Å². The molecule has 1 fully saturated rings. The summed E-state index contributed by atoms with van der Waals surface area (Å²) in [5.41, 5.74) is 1.17. The quantitative estimate of drug-likeness (QED) is 0.694. The highest BCUT2D eigenvalue weighted by Crippen LogP contribution is 2.24. The molecule has 0 unspecified atom stereocenters. The SMILES string of the molecule is CCCCN(CCCC)c1cc(CNC2CC2)c(Cl)cn1. The molecule has 4 heteroatoms. The second kappa shape index (κ2) is 8.60. The standard InChI is InChI=1S/C17H28ClN3/c1-3-5-9-21(10-6-4-2)17-11-14(16(18)13-20-17)12-19-15-7-8-15/h11,13,15,19H,3-10,12H2,1-2H3. The summed E-state index contributed by atoms with van der Waals surface area (Å²) in [5, 5.41) is 4.31. The highest BCUT2D eigenvalue weighted by Gasteiger charge is 2.20. The Bertz CT molecular complexity index is 424. The van der Waals surface area contributed by atoms with Crippen molar-refractivity contribution >= 4 is 17.4 Å². The molecule has 0 radical (unpaired) electrons. The molecule has 2 rings (SSSR count). The molecular formula is C17H28ClN3. The van der Waals surface area contributed by atoms with Crippen molar-refractivity contribution in [2.24, 2.45) is 0 Å². The number of rotatable bonds is 10. The maximum Gasteiger partial charge on any atom is 0.128 e. The van der Waals surface area contributed by atoms with E-state index in [2.05, 4.69) is 35.1 Å². The second-order valence-electron chi connectivity index (χ2n) is 5.98. The largest absolute Gasteiger partial charge is 0.357 e. The van der Waals surface area contributed by atoms with Crippen LogP contribution in [0.15, 0.2) is 12.3 Å². The number of hydrogen-bond donors (Lipinski definition) is 1. The Morgan fingerprint density at radius 1 is 1.24 bits per heavy atom. The summed E-state index contributed by atoms with van der Waals surface area (Å²) < 4.78 is 0. The summed E-state index contributed by atoms with van der Waals surface area (Å²) in [6.07, 6.45) is 9.26. The third-order valence-electron chi connectivity index (χ3n) is 3.97. The van der Waals surface area contributed by atoms with Crippen molar-refractivity contribution in [2.45, 2.75) is 65.0 Å². The summed E-state index contributed by atoms with van der Waals surface area (Å²) in [4.78, 5) is 6.96. The molecule has 1 heterocycles. The zero-order valence-electron chi connectivity index (χ0n) is 13.4. The number of nitrogens with zero attached hydrogens (tertiary/aromatic N) is 2. The van der Waals surface area contributed by atoms with E-state index >= 15 is 0 Å². The first-order valence-corrected chi connectivity index (χ1v) is 8.75. The van der Waals surface area contributed by atoms with Gasteiger partial charge < -0.3 is 10.2 Å². The minimum atomic E-state index is 0.703. The topological polar surface area (TPSA) is 28.2 Å². The number of anilines is 1. The smallest absolute Gasteiger partial charge is 0.128 e. The van der Waals surface area contributed by atoms with Gasteiger partial charge in [0.15, 0.2) is 0 Å². The number of halogens is 1. The first-order valence-electron chi connectivity index (χ1n) is 8.37. The molecule has 1 saturated carbocycles. The molecule has 1 aliphatic rings. The molecule has 118 valence electrons. The molecular weight excluding hydrogens is 282 g/mol. The normalized spacial score (nSPS) is 14.4. The number of hydrogen-bond acceptors (Lipinski definition) is 3. The molecule has 0 aliphatic heterocycles. The zero-order valence-corrected chi connectivity index (χ0v) is 14.1. The Kier molecular flexibility index (Phi) is 6.78. The van der Waals surface area contributed by atoms with Gasteiger partial charge in [0.2, 0.25) is 0 Å². The molecule has 0 amide bonds. The van der Waals surface area contributed by atoms with Crippen LogP contribution < -0.4 is 10.2 Å². The van der Waals surface area contributed by atoms with Gasteiger partial charge in [-0.25, -0.2) is 4.98 Å². The molecule has 0 atom stereocenters. The van der Waals surface area contributed by atoms with E-state index in [1.807, 2.05) is 6.20 Å². The Hall–Kier alpha value is -0.800. The van der Waals surface area contributed by atoms with Crippen LogP contribution in [0.25, 0.3) is 0 Å². The van der Waals surface area contributed by atoms with Gasteiger partial charge in [-0.3, -0.25) is 0 Å². The van der Waals surface area contributed by atoms with Crippen LogP contribution in [0.5, 0.6) is 0 Å². The van der Waals surface area contributed by atoms with Crippen LogP contribution in [0.1, 0.15) is 57.9 Å². The van der Waals surface area contributed by atoms with Crippen molar-refractivity contribution in [3.05, 3.63) is 22.8 Å². The number of pyridine rings is 1. The zero-order chi connectivity index (χ0) is 15.1. The van der Waals surface area contributed by atoms with Crippen LogP contribution in [0.4, 0.5) is 5.82 Å². The van der Waals surface area contributed by atoms with Crippen molar-refractivity contribution in [3.63, 3.8) is 0 Å². The predicted octanol–water partition coefficient (Wildman–Crippen LogP) is 4.39. The monoisotopic (exact) mass is 309 g/mol. The van der Waals surface area contributed by atoms with E-state index in [4.69, 9.17) is 11.6 Å². The third-order valence-corrected chi connectivity index (χ3v) is 4.31. The Morgan fingerprint density at radius 2 is 1.90 bits per heavy atom. The van der Waals surface area contributed by atoms with Crippen molar-refractivity contribution in [1.29, 1.82) is 0 Å². The maximum absolute atomic E-state index is 6.29. The number of aromatic nitrogens is 1. The molecule has 0 aromatic carbocycles. The van der Waals surface area contributed by atoms with E-state index in [1.54, 1.807) is 0 Å². The van der Waals surface area contributed by atoms with Crippen LogP contribution in [-0.2, 0) is 6.54 Å². The first-order chi connectivity index (χ1) is 10.2. The summed E-state index contributed by atoms with van der Waals surface area (Å²) in [6.45, 7) is 7.49. The minimum Gasteiger partial charge on any atom is -0.357 e. The second-order valence-corrected chi connectivity index (χ2v) is 6.39. The minimum absolute atomic E-state index is 0.703. The fourth-order valence-electron chi connectivity index (χ4n) is 2.36. The number of nitrogens with one attached hydrogen (secondary N) is 1. The average molecular weight is 310 g/mol. The Morgan fingerprint density at radius 3 is 2.48 bits per heavy atom. The molecule has 1 aliphatic carbocycles. The van der Waals surface area contributed by atoms with Gasteiger partial charge in [0.1, 0.15) is 5.82 Å². The van der Waals surface area contributed by atoms with Crippen molar-refractivity contribution < 1.29 is 0 Å². The van der Waals surface area contributed by atoms with Gasteiger partial charge in [-0.05, 0) is 37.3 Å². The predicted molar refractivity (Wildman–Crippen MR) is 91.1 cm³/mol. The van der Waals surface area contributed by atoms with Crippen LogP contribution in [0, 0.1) is 0 Å². The van der Waals surface area contributed by atoms with Gasteiger partial charge in [0.25, 0.3) is 0 Å². The highest BCUT2D eigenvalue weighted by molar-refractivity contribution is 6.31. The van der Waals surface area contributed by atoms with Gasteiger partial charge in [0.05, 0.1) is 5.02 Å². The van der Waals surface area contributed by atoms with Gasteiger partial charge in [-0.15, -0.1) is 0 Å². The molecule has 0 spiro atoms. The Labute approximate surface area is 134 Å². The molecule has 3 nitrogen and oxygen atoms in total. The lowest BCUT2D eigenvalue weighted by molar-refractivity contribution is 0.666. The molecule has 0 bridgehead atoms. The molecule has 0 saturated heterocycles. The van der Waals surface area contributed by atoms with Gasteiger partial charge in [0, 0.05) is 31.9 Å². The first kappa shape index (κ1) is 16.6. The van der Waals surface area contributed by atoms with E-state index in [-0.39, 0.29) is 0 Å². The molecule has 1 aromatic heterocycles. The maximum atomic E-state index is 6.29. The molecule has 1 aromatic rings. The van der Waals surface area contributed by atoms with E-state index < -0.39 is 0 Å². The fourth-order valence-corrected chi connectivity index (χ4v) is 2.53. The van der Waals surface area contributed by atoms with Crippen LogP contribution in [0.2, 0.25) is 5.02 Å².